The molecule has 2 unspecified atom stereocenters. The third-order valence-electron chi connectivity index (χ3n) is 3.58. The lowest BCUT2D eigenvalue weighted by atomic mass is 10.1. The molecule has 0 saturated carbocycles. The Morgan fingerprint density at radius 1 is 1.32 bits per heavy atom. The number of nitrogens with zero attached hydrogens (tertiary/aromatic N) is 1. The van der Waals surface area contributed by atoms with Crippen molar-refractivity contribution < 1.29 is 17.6 Å². The van der Waals surface area contributed by atoms with E-state index in [0.717, 1.165) is 12.1 Å². The van der Waals surface area contributed by atoms with Gasteiger partial charge in [-0.25, -0.2) is 17.5 Å². The van der Waals surface area contributed by atoms with E-state index in [-0.39, 0.29) is 23.6 Å². The molecule has 1 aliphatic heterocycles. The summed E-state index contributed by atoms with van der Waals surface area (Å²) in [6.07, 6.45) is 0. The number of rotatable bonds is 3. The maximum Gasteiger partial charge on any atom is 0.254 e. The van der Waals surface area contributed by atoms with Crippen molar-refractivity contribution in [3.63, 3.8) is 0 Å². The fraction of sp³-hybridized carbons (Fsp3) is 0.500. The molecule has 2 N–H and O–H groups in total. The van der Waals surface area contributed by atoms with Crippen LogP contribution in [0, 0.1) is 5.82 Å². The van der Waals surface area contributed by atoms with Crippen molar-refractivity contribution in [2.24, 2.45) is 0 Å². The van der Waals surface area contributed by atoms with Crippen LogP contribution in [0.2, 0.25) is 0 Å². The van der Waals surface area contributed by atoms with Crippen LogP contribution in [0.25, 0.3) is 0 Å². The first-order chi connectivity index (χ1) is 10.2. The van der Waals surface area contributed by atoms with E-state index in [1.54, 1.807) is 4.90 Å². The molecule has 1 aliphatic rings. The Kier molecular flexibility index (Phi) is 4.84. The predicted octanol–water partition coefficient (Wildman–Crippen LogP) is 0.556. The van der Waals surface area contributed by atoms with Crippen molar-refractivity contribution in [3.05, 3.63) is 29.6 Å². The molecule has 1 aromatic carbocycles. The van der Waals surface area contributed by atoms with Crippen LogP contribution >= 0.6 is 0 Å². The van der Waals surface area contributed by atoms with E-state index in [9.17, 15) is 17.6 Å². The summed E-state index contributed by atoms with van der Waals surface area (Å²) in [6, 6.07) is 3.69. The van der Waals surface area contributed by atoms with Crippen LogP contribution < -0.4 is 10.0 Å². The Bertz CT molecular complexity index is 668. The molecule has 0 bridgehead atoms. The minimum Gasteiger partial charge on any atom is -0.336 e. The minimum absolute atomic E-state index is 0.147. The van der Waals surface area contributed by atoms with Crippen LogP contribution in [-0.2, 0) is 10.0 Å². The minimum atomic E-state index is -3.95. The van der Waals surface area contributed by atoms with Crippen molar-refractivity contribution in [2.45, 2.75) is 30.8 Å². The van der Waals surface area contributed by atoms with Crippen LogP contribution in [-0.4, -0.2) is 51.4 Å². The van der Waals surface area contributed by atoms with Gasteiger partial charge in [-0.2, -0.15) is 0 Å². The van der Waals surface area contributed by atoms with E-state index in [4.69, 9.17) is 0 Å². The average molecular weight is 329 g/mol. The van der Waals surface area contributed by atoms with Gasteiger partial charge in [-0.15, -0.1) is 0 Å². The van der Waals surface area contributed by atoms with E-state index in [1.165, 1.54) is 13.1 Å². The van der Waals surface area contributed by atoms with Gasteiger partial charge in [-0.1, -0.05) is 0 Å². The number of sulfonamides is 1. The predicted molar refractivity (Wildman–Crippen MR) is 80.6 cm³/mol. The third-order valence-corrected chi connectivity index (χ3v) is 5.01. The Morgan fingerprint density at radius 3 is 2.45 bits per heavy atom. The number of amides is 1. The van der Waals surface area contributed by atoms with Crippen LogP contribution in [0.4, 0.5) is 4.39 Å². The quantitative estimate of drug-likeness (QED) is 0.849. The number of halogens is 1. The molecule has 1 heterocycles. The SMILES string of the molecule is CNS(=O)(=O)c1cc(C(=O)N2CC(C)NC(C)C2)ccc1F. The smallest absolute Gasteiger partial charge is 0.254 e. The van der Waals surface area contributed by atoms with Crippen LogP contribution in [0.5, 0.6) is 0 Å². The highest BCUT2D eigenvalue weighted by Gasteiger charge is 2.27. The van der Waals surface area contributed by atoms with Gasteiger partial charge in [0.2, 0.25) is 10.0 Å². The van der Waals surface area contributed by atoms with Crippen molar-refractivity contribution in [1.29, 1.82) is 0 Å². The molecule has 1 fully saturated rings. The highest BCUT2D eigenvalue weighted by Crippen LogP contribution is 2.18. The number of nitrogens with one attached hydrogen (secondary N) is 2. The number of carbonyl (C=O) groups is 1. The summed E-state index contributed by atoms with van der Waals surface area (Å²) in [6.45, 7) is 4.98. The second-order valence-electron chi connectivity index (χ2n) is 5.53. The largest absolute Gasteiger partial charge is 0.336 e. The molecule has 8 heteroatoms. The molecule has 1 amide bonds. The number of hydrogen-bond acceptors (Lipinski definition) is 4. The molecular weight excluding hydrogens is 309 g/mol. The summed E-state index contributed by atoms with van der Waals surface area (Å²) < 4.78 is 39.4. The Balaban J connectivity index is 2.33. The molecule has 0 radical (unpaired) electrons. The first kappa shape index (κ1) is 16.9. The van der Waals surface area contributed by atoms with Gasteiger partial charge >= 0.3 is 0 Å². The topological polar surface area (TPSA) is 78.5 Å². The van der Waals surface area contributed by atoms with Crippen LogP contribution in [0.1, 0.15) is 24.2 Å². The second-order valence-corrected chi connectivity index (χ2v) is 7.39. The summed E-state index contributed by atoms with van der Waals surface area (Å²) in [5, 5.41) is 3.31. The zero-order chi connectivity index (χ0) is 16.5. The number of hydrogen-bond donors (Lipinski definition) is 2. The molecule has 122 valence electrons. The van der Waals surface area contributed by atoms with Crippen molar-refractivity contribution >= 4 is 15.9 Å². The summed E-state index contributed by atoms with van der Waals surface area (Å²) >= 11 is 0. The van der Waals surface area contributed by atoms with Gasteiger partial charge in [0.1, 0.15) is 10.7 Å². The summed E-state index contributed by atoms with van der Waals surface area (Å²) in [4.78, 5) is 13.7. The summed E-state index contributed by atoms with van der Waals surface area (Å²) in [5.41, 5.74) is 0.163. The van der Waals surface area contributed by atoms with E-state index >= 15 is 0 Å². The van der Waals surface area contributed by atoms with Crippen molar-refractivity contribution in [1.82, 2.24) is 14.9 Å². The highest BCUT2D eigenvalue weighted by molar-refractivity contribution is 7.89. The van der Waals surface area contributed by atoms with Gasteiger partial charge in [-0.05, 0) is 39.1 Å². The van der Waals surface area contributed by atoms with E-state index in [2.05, 4.69) is 10.0 Å². The van der Waals surface area contributed by atoms with Crippen molar-refractivity contribution in [2.75, 3.05) is 20.1 Å². The number of carbonyl (C=O) groups excluding carboxylic acids is 1. The fourth-order valence-corrected chi connectivity index (χ4v) is 3.45. The average Bonchev–Trinajstić information content (AvgIpc) is 2.45. The Hall–Kier alpha value is -1.51. The molecule has 2 atom stereocenters. The van der Waals surface area contributed by atoms with Gasteiger partial charge < -0.3 is 10.2 Å². The molecule has 2 rings (SSSR count). The molecule has 0 spiro atoms. The monoisotopic (exact) mass is 329 g/mol. The lowest BCUT2D eigenvalue weighted by Gasteiger charge is -2.36. The summed E-state index contributed by atoms with van der Waals surface area (Å²) in [5.74, 6) is -1.18. The van der Waals surface area contributed by atoms with Gasteiger partial charge in [0.05, 0.1) is 0 Å². The zero-order valence-corrected chi connectivity index (χ0v) is 13.6. The molecule has 1 saturated heterocycles. The van der Waals surface area contributed by atoms with Crippen molar-refractivity contribution in [3.8, 4) is 0 Å². The summed E-state index contributed by atoms with van der Waals surface area (Å²) in [7, 11) is -2.75. The van der Waals surface area contributed by atoms with E-state index < -0.39 is 20.7 Å². The molecule has 6 nitrogen and oxygen atoms in total. The second kappa shape index (κ2) is 6.31. The van der Waals surface area contributed by atoms with Gasteiger partial charge in [0.15, 0.2) is 0 Å². The molecule has 0 aromatic heterocycles. The van der Waals surface area contributed by atoms with Crippen LogP contribution in [0.15, 0.2) is 23.1 Å². The lowest BCUT2D eigenvalue weighted by molar-refractivity contribution is 0.0673. The lowest BCUT2D eigenvalue weighted by Crippen LogP contribution is -2.55. The molecule has 1 aromatic rings. The molecule has 22 heavy (non-hydrogen) atoms. The Labute approximate surface area is 129 Å². The zero-order valence-electron chi connectivity index (χ0n) is 12.8. The standard InChI is InChI=1S/C14H20FN3O3S/c1-9-7-18(8-10(2)17-9)14(19)11-4-5-12(15)13(6-11)22(20,21)16-3/h4-6,9-10,16-17H,7-8H2,1-3H3. The first-order valence-corrected chi connectivity index (χ1v) is 8.51. The first-order valence-electron chi connectivity index (χ1n) is 7.03. The third kappa shape index (κ3) is 3.45. The fourth-order valence-electron chi connectivity index (χ4n) is 2.63. The van der Waals surface area contributed by atoms with Gasteiger partial charge in [-0.3, -0.25) is 4.79 Å². The molecule has 0 aliphatic carbocycles. The number of piperazine rings is 1. The Morgan fingerprint density at radius 2 is 1.91 bits per heavy atom. The van der Waals surface area contributed by atoms with Gasteiger partial charge in [0, 0.05) is 30.7 Å². The molecular formula is C14H20FN3O3S. The number of benzene rings is 1. The normalized spacial score (nSPS) is 22.6. The maximum absolute atomic E-state index is 13.7. The van der Waals surface area contributed by atoms with E-state index in [0.29, 0.717) is 13.1 Å². The van der Waals surface area contributed by atoms with E-state index in [1.807, 2.05) is 13.8 Å². The van der Waals surface area contributed by atoms with Gasteiger partial charge in [0.25, 0.3) is 5.91 Å². The maximum atomic E-state index is 13.7. The van der Waals surface area contributed by atoms with Crippen LogP contribution in [0.3, 0.4) is 0 Å². The highest BCUT2D eigenvalue weighted by atomic mass is 32.2.